The molecule has 0 radical (unpaired) electrons. The Kier molecular flexibility index (Phi) is 6.07. The summed E-state index contributed by atoms with van der Waals surface area (Å²) in [4.78, 5) is 27.7. The molecule has 1 saturated carbocycles. The van der Waals surface area contributed by atoms with Crippen molar-refractivity contribution >= 4 is 12.1 Å². The standard InChI is InChI=1S/C23H23N3O6/c1-15-25-20(26-32-15)18-8-6-16(7-9-18)14-30-22(29)24-13-17-4-2-5-19(12-17)31-23(21(27)28)10-3-11-23/h2,4-9,12H,3,10-11,13-14H2,1H3,(H,24,29)(H,27,28). The van der Waals surface area contributed by atoms with Crippen molar-refractivity contribution in [2.75, 3.05) is 0 Å². The molecule has 2 N–H and O–H groups in total. The Morgan fingerprint density at radius 1 is 1.16 bits per heavy atom. The highest BCUT2D eigenvalue weighted by Crippen LogP contribution is 2.37. The van der Waals surface area contributed by atoms with Crippen LogP contribution in [-0.4, -0.2) is 32.9 Å². The molecule has 32 heavy (non-hydrogen) atoms. The second-order valence-electron chi connectivity index (χ2n) is 7.67. The smallest absolute Gasteiger partial charge is 0.407 e. The second-order valence-corrected chi connectivity index (χ2v) is 7.67. The largest absolute Gasteiger partial charge is 0.478 e. The lowest BCUT2D eigenvalue weighted by atomic mass is 9.80. The molecule has 1 aliphatic rings. The van der Waals surface area contributed by atoms with Gasteiger partial charge in [-0.2, -0.15) is 4.98 Å². The lowest BCUT2D eigenvalue weighted by molar-refractivity contribution is -0.163. The number of carboxylic acid groups (broad SMARTS) is 1. The number of nitrogens with zero attached hydrogens (tertiary/aromatic N) is 2. The molecule has 1 aliphatic carbocycles. The van der Waals surface area contributed by atoms with E-state index in [1.165, 1.54) is 0 Å². The minimum absolute atomic E-state index is 0.113. The van der Waals surface area contributed by atoms with Gasteiger partial charge in [0.15, 0.2) is 0 Å². The molecule has 9 nitrogen and oxygen atoms in total. The van der Waals surface area contributed by atoms with Gasteiger partial charge in [0.05, 0.1) is 0 Å². The highest BCUT2D eigenvalue weighted by molar-refractivity contribution is 5.79. The van der Waals surface area contributed by atoms with Crippen LogP contribution in [0.15, 0.2) is 53.1 Å². The monoisotopic (exact) mass is 437 g/mol. The average molecular weight is 437 g/mol. The summed E-state index contributed by atoms with van der Waals surface area (Å²) in [7, 11) is 0. The van der Waals surface area contributed by atoms with Crippen LogP contribution in [0.3, 0.4) is 0 Å². The first-order valence-electron chi connectivity index (χ1n) is 10.3. The van der Waals surface area contributed by atoms with Gasteiger partial charge in [-0.05, 0) is 42.5 Å². The van der Waals surface area contributed by atoms with Gasteiger partial charge in [0, 0.05) is 19.0 Å². The van der Waals surface area contributed by atoms with Crippen molar-refractivity contribution in [3.63, 3.8) is 0 Å². The van der Waals surface area contributed by atoms with Crippen molar-refractivity contribution < 1.29 is 28.7 Å². The zero-order chi connectivity index (χ0) is 22.6. The van der Waals surface area contributed by atoms with E-state index in [4.69, 9.17) is 14.0 Å². The number of amides is 1. The molecule has 0 aliphatic heterocycles. The van der Waals surface area contributed by atoms with Crippen LogP contribution in [0, 0.1) is 6.92 Å². The van der Waals surface area contributed by atoms with Crippen LogP contribution < -0.4 is 10.1 Å². The number of carbonyl (C=O) groups is 2. The molecule has 9 heteroatoms. The molecule has 0 saturated heterocycles. The van der Waals surface area contributed by atoms with E-state index in [2.05, 4.69) is 15.5 Å². The number of nitrogens with one attached hydrogen (secondary N) is 1. The van der Waals surface area contributed by atoms with Gasteiger partial charge in [0.25, 0.3) is 0 Å². The third kappa shape index (κ3) is 4.88. The minimum Gasteiger partial charge on any atom is -0.478 e. The Morgan fingerprint density at radius 3 is 2.56 bits per heavy atom. The molecule has 0 unspecified atom stereocenters. The molecular formula is C23H23N3O6. The van der Waals surface area contributed by atoms with Gasteiger partial charge < -0.3 is 24.4 Å². The number of carboxylic acids is 1. The van der Waals surface area contributed by atoms with Gasteiger partial charge in [-0.3, -0.25) is 0 Å². The van der Waals surface area contributed by atoms with Crippen molar-refractivity contribution in [1.82, 2.24) is 15.5 Å². The second kappa shape index (κ2) is 9.09. The summed E-state index contributed by atoms with van der Waals surface area (Å²) >= 11 is 0. The highest BCUT2D eigenvalue weighted by Gasteiger charge is 2.47. The summed E-state index contributed by atoms with van der Waals surface area (Å²) in [5.41, 5.74) is 1.27. The van der Waals surface area contributed by atoms with Gasteiger partial charge in [0.2, 0.25) is 17.3 Å². The number of aryl methyl sites for hydroxylation is 1. The van der Waals surface area contributed by atoms with E-state index >= 15 is 0 Å². The lowest BCUT2D eigenvalue weighted by Crippen LogP contribution is -2.50. The first-order valence-corrected chi connectivity index (χ1v) is 10.3. The van der Waals surface area contributed by atoms with E-state index in [0.29, 0.717) is 30.3 Å². The van der Waals surface area contributed by atoms with Crippen LogP contribution in [0.5, 0.6) is 5.75 Å². The number of hydrogen-bond donors (Lipinski definition) is 2. The number of benzene rings is 2. The summed E-state index contributed by atoms with van der Waals surface area (Å²) in [5, 5.41) is 16.0. The molecule has 4 rings (SSSR count). The number of carbonyl (C=O) groups excluding carboxylic acids is 1. The van der Waals surface area contributed by atoms with Crippen molar-refractivity contribution in [2.24, 2.45) is 0 Å². The molecular weight excluding hydrogens is 414 g/mol. The molecule has 0 bridgehead atoms. The lowest BCUT2D eigenvalue weighted by Gasteiger charge is -2.37. The van der Waals surface area contributed by atoms with Gasteiger partial charge in [0.1, 0.15) is 12.4 Å². The predicted molar refractivity (Wildman–Crippen MR) is 113 cm³/mol. The van der Waals surface area contributed by atoms with Gasteiger partial charge in [-0.15, -0.1) is 0 Å². The van der Waals surface area contributed by atoms with Crippen LogP contribution in [0.2, 0.25) is 0 Å². The molecule has 1 aromatic heterocycles. The van der Waals surface area contributed by atoms with Crippen molar-refractivity contribution in [3.05, 3.63) is 65.5 Å². The highest BCUT2D eigenvalue weighted by atomic mass is 16.5. The molecule has 1 fully saturated rings. The quantitative estimate of drug-likeness (QED) is 0.544. The summed E-state index contributed by atoms with van der Waals surface area (Å²) in [6.07, 6.45) is 1.26. The van der Waals surface area contributed by atoms with Crippen LogP contribution in [0.4, 0.5) is 4.79 Å². The summed E-state index contributed by atoms with van der Waals surface area (Å²) in [6, 6.07) is 14.3. The Hall–Kier alpha value is -3.88. The van der Waals surface area contributed by atoms with E-state index in [1.807, 2.05) is 30.3 Å². The zero-order valence-corrected chi connectivity index (χ0v) is 17.5. The minimum atomic E-state index is -1.14. The summed E-state index contributed by atoms with van der Waals surface area (Å²) < 4.78 is 16.0. The number of ether oxygens (including phenoxy) is 2. The molecule has 3 aromatic rings. The van der Waals surface area contributed by atoms with Crippen LogP contribution in [0.25, 0.3) is 11.4 Å². The van der Waals surface area contributed by atoms with E-state index in [0.717, 1.165) is 23.1 Å². The van der Waals surface area contributed by atoms with Gasteiger partial charge >= 0.3 is 12.1 Å². The van der Waals surface area contributed by atoms with Crippen LogP contribution in [-0.2, 0) is 22.7 Å². The fraction of sp³-hybridized carbons (Fsp3) is 0.304. The first-order chi connectivity index (χ1) is 15.4. The number of rotatable bonds is 8. The van der Waals surface area contributed by atoms with Crippen LogP contribution in [0.1, 0.15) is 36.3 Å². The van der Waals surface area contributed by atoms with Gasteiger partial charge in [-0.1, -0.05) is 41.6 Å². The zero-order valence-electron chi connectivity index (χ0n) is 17.5. The summed E-state index contributed by atoms with van der Waals surface area (Å²) in [6.45, 7) is 2.06. The molecule has 0 spiro atoms. The average Bonchev–Trinajstić information content (AvgIpc) is 3.20. The van der Waals surface area contributed by atoms with Crippen LogP contribution >= 0.6 is 0 Å². The number of alkyl carbamates (subject to hydrolysis) is 1. The maximum Gasteiger partial charge on any atom is 0.407 e. The maximum atomic E-state index is 12.1. The number of aliphatic carboxylic acids is 1. The fourth-order valence-corrected chi connectivity index (χ4v) is 3.34. The molecule has 1 heterocycles. The van der Waals surface area contributed by atoms with Crippen molar-refractivity contribution in [1.29, 1.82) is 0 Å². The topological polar surface area (TPSA) is 124 Å². The fourth-order valence-electron chi connectivity index (χ4n) is 3.34. The molecule has 166 valence electrons. The molecule has 0 atom stereocenters. The van der Waals surface area contributed by atoms with E-state index in [1.54, 1.807) is 25.1 Å². The Morgan fingerprint density at radius 2 is 1.94 bits per heavy atom. The first kappa shape index (κ1) is 21.4. The van der Waals surface area contributed by atoms with Crippen molar-refractivity contribution in [3.8, 4) is 17.1 Å². The van der Waals surface area contributed by atoms with Crippen molar-refractivity contribution in [2.45, 2.75) is 44.9 Å². The Bertz CT molecular complexity index is 1100. The number of aromatic nitrogens is 2. The molecule has 1 amide bonds. The normalized spacial score (nSPS) is 14.3. The van der Waals surface area contributed by atoms with Gasteiger partial charge in [-0.25, -0.2) is 9.59 Å². The molecule has 2 aromatic carbocycles. The predicted octanol–water partition coefficient (Wildman–Crippen LogP) is 3.86. The number of hydrogen-bond acceptors (Lipinski definition) is 7. The van der Waals surface area contributed by atoms with E-state index < -0.39 is 17.7 Å². The Labute approximate surface area is 184 Å². The summed E-state index contributed by atoms with van der Waals surface area (Å²) in [5.74, 6) is 0.518. The maximum absolute atomic E-state index is 12.1. The third-order valence-corrected chi connectivity index (χ3v) is 5.31. The van der Waals surface area contributed by atoms with E-state index in [-0.39, 0.29) is 13.2 Å². The SMILES string of the molecule is Cc1nc(-c2ccc(COC(=O)NCc3cccc(OC4(C(=O)O)CCC4)c3)cc2)no1. The third-order valence-electron chi connectivity index (χ3n) is 5.31. The van der Waals surface area contributed by atoms with E-state index in [9.17, 15) is 14.7 Å². The Balaban J connectivity index is 1.26.